The van der Waals surface area contributed by atoms with E-state index in [4.69, 9.17) is 4.74 Å². The molecular formula is C22H28N2O3. The Kier molecular flexibility index (Phi) is 7.41. The SMILES string of the molecule is COc1ccccc1CN(CC(=O)N(Cc1ccccc1)C(C)C)C(C)=O. The molecule has 0 fully saturated rings. The standard InChI is InChI=1S/C22H28N2O3/c1-17(2)24(14-19-10-6-5-7-11-19)22(26)16-23(18(3)25)15-20-12-8-9-13-21(20)27-4/h5-13,17H,14-16H2,1-4H3. The third-order valence-corrected chi connectivity index (χ3v) is 4.46. The predicted octanol–water partition coefficient (Wildman–Crippen LogP) is 3.48. The molecule has 144 valence electrons. The molecule has 0 unspecified atom stereocenters. The van der Waals surface area contributed by atoms with Crippen molar-refractivity contribution in [1.29, 1.82) is 0 Å². The lowest BCUT2D eigenvalue weighted by Gasteiger charge is -2.30. The molecule has 2 aromatic rings. The Bertz CT molecular complexity index is 759. The van der Waals surface area contributed by atoms with Gasteiger partial charge in [0.25, 0.3) is 0 Å². The van der Waals surface area contributed by atoms with E-state index in [9.17, 15) is 9.59 Å². The molecule has 0 aromatic heterocycles. The molecule has 2 aromatic carbocycles. The van der Waals surface area contributed by atoms with Gasteiger partial charge in [0.2, 0.25) is 11.8 Å². The molecule has 5 heteroatoms. The Morgan fingerprint density at radius 3 is 2.19 bits per heavy atom. The summed E-state index contributed by atoms with van der Waals surface area (Å²) in [5.74, 6) is 0.498. The zero-order valence-electron chi connectivity index (χ0n) is 16.5. The van der Waals surface area contributed by atoms with Crippen LogP contribution in [-0.2, 0) is 22.7 Å². The minimum absolute atomic E-state index is 0.0396. The molecule has 27 heavy (non-hydrogen) atoms. The number of nitrogens with zero attached hydrogens (tertiary/aromatic N) is 2. The van der Waals surface area contributed by atoms with Crippen LogP contribution < -0.4 is 4.74 Å². The zero-order valence-corrected chi connectivity index (χ0v) is 16.5. The second kappa shape index (κ2) is 9.76. The van der Waals surface area contributed by atoms with Crippen LogP contribution in [0.5, 0.6) is 5.75 Å². The largest absolute Gasteiger partial charge is 0.496 e. The van der Waals surface area contributed by atoms with Crippen molar-refractivity contribution in [2.75, 3.05) is 13.7 Å². The van der Waals surface area contributed by atoms with Crippen LogP contribution in [0.15, 0.2) is 54.6 Å². The number of carbonyl (C=O) groups excluding carboxylic acids is 2. The molecule has 2 amide bonds. The maximum atomic E-state index is 12.9. The van der Waals surface area contributed by atoms with Crippen molar-refractivity contribution in [3.63, 3.8) is 0 Å². The first-order chi connectivity index (χ1) is 12.9. The van der Waals surface area contributed by atoms with Crippen LogP contribution in [0, 0.1) is 0 Å². The summed E-state index contributed by atoms with van der Waals surface area (Å²) in [5.41, 5.74) is 1.95. The molecule has 0 aliphatic rings. The van der Waals surface area contributed by atoms with Gasteiger partial charge in [0.15, 0.2) is 0 Å². The lowest BCUT2D eigenvalue weighted by Crippen LogP contribution is -2.44. The Labute approximate surface area is 161 Å². The minimum Gasteiger partial charge on any atom is -0.496 e. The summed E-state index contributed by atoms with van der Waals surface area (Å²) in [6.45, 7) is 6.36. The Morgan fingerprint density at radius 2 is 1.59 bits per heavy atom. The zero-order chi connectivity index (χ0) is 19.8. The molecule has 0 spiro atoms. The molecule has 0 aliphatic heterocycles. The highest BCUT2D eigenvalue weighted by Gasteiger charge is 2.22. The first-order valence-corrected chi connectivity index (χ1v) is 9.13. The summed E-state index contributed by atoms with van der Waals surface area (Å²) >= 11 is 0. The van der Waals surface area contributed by atoms with E-state index in [2.05, 4.69) is 0 Å². The number of benzene rings is 2. The maximum absolute atomic E-state index is 12.9. The van der Waals surface area contributed by atoms with Gasteiger partial charge in [0, 0.05) is 31.6 Å². The molecule has 0 N–H and O–H groups in total. The molecule has 0 bridgehead atoms. The van der Waals surface area contributed by atoms with Crippen molar-refractivity contribution in [2.24, 2.45) is 0 Å². The minimum atomic E-state index is -0.141. The fourth-order valence-corrected chi connectivity index (χ4v) is 2.91. The Hall–Kier alpha value is -2.82. The number of hydrogen-bond donors (Lipinski definition) is 0. The van der Waals surface area contributed by atoms with Gasteiger partial charge in [-0.05, 0) is 25.5 Å². The second-order valence-corrected chi connectivity index (χ2v) is 6.79. The fraction of sp³-hybridized carbons (Fsp3) is 0.364. The topological polar surface area (TPSA) is 49.9 Å². The Balaban J connectivity index is 2.13. The van der Waals surface area contributed by atoms with E-state index in [1.165, 1.54) is 6.92 Å². The summed E-state index contributed by atoms with van der Waals surface area (Å²) < 4.78 is 5.36. The summed E-state index contributed by atoms with van der Waals surface area (Å²) in [7, 11) is 1.60. The summed E-state index contributed by atoms with van der Waals surface area (Å²) in [6, 6.07) is 17.5. The average Bonchev–Trinajstić information content (AvgIpc) is 2.66. The van der Waals surface area contributed by atoms with Gasteiger partial charge in [-0.3, -0.25) is 9.59 Å². The predicted molar refractivity (Wildman–Crippen MR) is 106 cm³/mol. The van der Waals surface area contributed by atoms with E-state index in [-0.39, 0.29) is 24.4 Å². The number of hydrogen-bond acceptors (Lipinski definition) is 3. The first kappa shape index (κ1) is 20.5. The van der Waals surface area contributed by atoms with Crippen molar-refractivity contribution in [1.82, 2.24) is 9.80 Å². The average molecular weight is 368 g/mol. The molecule has 0 saturated carbocycles. The van der Waals surface area contributed by atoms with Gasteiger partial charge in [-0.1, -0.05) is 48.5 Å². The number of amides is 2. The van der Waals surface area contributed by atoms with Crippen LogP contribution in [-0.4, -0.2) is 41.3 Å². The first-order valence-electron chi connectivity index (χ1n) is 9.13. The smallest absolute Gasteiger partial charge is 0.242 e. The summed E-state index contributed by atoms with van der Waals surface area (Å²) in [5, 5.41) is 0. The molecule has 5 nitrogen and oxygen atoms in total. The highest BCUT2D eigenvalue weighted by molar-refractivity contribution is 5.84. The van der Waals surface area contributed by atoms with E-state index in [0.29, 0.717) is 18.8 Å². The van der Waals surface area contributed by atoms with E-state index in [1.807, 2.05) is 68.4 Å². The lowest BCUT2D eigenvalue weighted by molar-refractivity contribution is -0.141. The van der Waals surface area contributed by atoms with Crippen molar-refractivity contribution in [2.45, 2.75) is 39.9 Å². The van der Waals surface area contributed by atoms with Crippen LogP contribution >= 0.6 is 0 Å². The number of rotatable bonds is 8. The molecule has 0 atom stereocenters. The lowest BCUT2D eigenvalue weighted by atomic mass is 10.1. The van der Waals surface area contributed by atoms with Gasteiger partial charge in [0.05, 0.1) is 7.11 Å². The number of carbonyl (C=O) groups is 2. The molecular weight excluding hydrogens is 340 g/mol. The third-order valence-electron chi connectivity index (χ3n) is 4.46. The van der Waals surface area contributed by atoms with Crippen molar-refractivity contribution >= 4 is 11.8 Å². The fourth-order valence-electron chi connectivity index (χ4n) is 2.91. The van der Waals surface area contributed by atoms with Crippen LogP contribution in [0.4, 0.5) is 0 Å². The van der Waals surface area contributed by atoms with Gasteiger partial charge in [-0.15, -0.1) is 0 Å². The van der Waals surface area contributed by atoms with Crippen LogP contribution in [0.25, 0.3) is 0 Å². The normalized spacial score (nSPS) is 10.6. The van der Waals surface area contributed by atoms with Gasteiger partial charge >= 0.3 is 0 Å². The molecule has 0 aliphatic carbocycles. The quantitative estimate of drug-likeness (QED) is 0.717. The van der Waals surface area contributed by atoms with E-state index in [1.54, 1.807) is 16.9 Å². The van der Waals surface area contributed by atoms with Gasteiger partial charge in [-0.25, -0.2) is 0 Å². The summed E-state index contributed by atoms with van der Waals surface area (Å²) in [6.07, 6.45) is 0. The number of methoxy groups -OCH3 is 1. The summed E-state index contributed by atoms with van der Waals surface area (Å²) in [4.78, 5) is 28.5. The highest BCUT2D eigenvalue weighted by atomic mass is 16.5. The highest BCUT2D eigenvalue weighted by Crippen LogP contribution is 2.19. The second-order valence-electron chi connectivity index (χ2n) is 6.79. The van der Waals surface area contributed by atoms with Crippen LogP contribution in [0.2, 0.25) is 0 Å². The van der Waals surface area contributed by atoms with Crippen molar-refractivity contribution in [3.05, 3.63) is 65.7 Å². The Morgan fingerprint density at radius 1 is 0.963 bits per heavy atom. The maximum Gasteiger partial charge on any atom is 0.242 e. The molecule has 0 saturated heterocycles. The van der Waals surface area contributed by atoms with Gasteiger partial charge < -0.3 is 14.5 Å². The van der Waals surface area contributed by atoms with Crippen LogP contribution in [0.1, 0.15) is 31.9 Å². The molecule has 2 rings (SSSR count). The monoisotopic (exact) mass is 368 g/mol. The molecule has 0 radical (unpaired) electrons. The van der Waals surface area contributed by atoms with Crippen molar-refractivity contribution in [3.8, 4) is 5.75 Å². The van der Waals surface area contributed by atoms with E-state index >= 15 is 0 Å². The van der Waals surface area contributed by atoms with E-state index in [0.717, 1.165) is 11.1 Å². The van der Waals surface area contributed by atoms with Crippen LogP contribution in [0.3, 0.4) is 0 Å². The third kappa shape index (κ3) is 5.84. The van der Waals surface area contributed by atoms with Gasteiger partial charge in [-0.2, -0.15) is 0 Å². The van der Waals surface area contributed by atoms with E-state index < -0.39 is 0 Å². The number of para-hydroxylation sites is 1. The number of ether oxygens (including phenoxy) is 1. The van der Waals surface area contributed by atoms with Gasteiger partial charge in [0.1, 0.15) is 12.3 Å². The molecule has 0 heterocycles. The van der Waals surface area contributed by atoms with Crippen molar-refractivity contribution < 1.29 is 14.3 Å².